The zero-order chi connectivity index (χ0) is 12.5. The van der Waals surface area contributed by atoms with Gasteiger partial charge in [-0.15, -0.1) is 0 Å². The molecule has 0 spiro atoms. The third-order valence-electron chi connectivity index (χ3n) is 3.15. The molecular formula is C12H11F3N2. The van der Waals surface area contributed by atoms with E-state index >= 15 is 0 Å². The fourth-order valence-electron chi connectivity index (χ4n) is 2.16. The number of nitrogens with zero attached hydrogens (tertiary/aromatic N) is 2. The Hall–Kier alpha value is -1.57. The molecular weight excluding hydrogens is 229 g/mol. The van der Waals surface area contributed by atoms with Gasteiger partial charge in [-0.1, -0.05) is 0 Å². The van der Waals surface area contributed by atoms with E-state index in [1.165, 1.54) is 6.07 Å². The van der Waals surface area contributed by atoms with Crippen molar-refractivity contribution in [1.29, 1.82) is 5.26 Å². The Balaban J connectivity index is 2.21. The summed E-state index contributed by atoms with van der Waals surface area (Å²) < 4.78 is 39.4. The summed E-state index contributed by atoms with van der Waals surface area (Å²) in [6, 6.07) is 3.29. The molecule has 1 fully saturated rings. The van der Waals surface area contributed by atoms with E-state index in [0.717, 1.165) is 6.20 Å². The lowest BCUT2D eigenvalue weighted by Gasteiger charge is -2.28. The van der Waals surface area contributed by atoms with E-state index in [1.807, 2.05) is 6.07 Å². The summed E-state index contributed by atoms with van der Waals surface area (Å²) in [7, 11) is 0. The van der Waals surface area contributed by atoms with Crippen molar-refractivity contribution in [1.82, 2.24) is 4.98 Å². The topological polar surface area (TPSA) is 36.7 Å². The van der Waals surface area contributed by atoms with Crippen molar-refractivity contribution < 1.29 is 13.2 Å². The molecule has 0 aromatic carbocycles. The first-order chi connectivity index (χ1) is 8.02. The highest BCUT2D eigenvalue weighted by molar-refractivity contribution is 5.31. The van der Waals surface area contributed by atoms with Gasteiger partial charge in [0.15, 0.2) is 0 Å². The molecule has 0 amide bonds. The van der Waals surface area contributed by atoms with Crippen molar-refractivity contribution in [3.05, 3.63) is 29.3 Å². The maximum atomic E-state index is 13.5. The summed E-state index contributed by atoms with van der Waals surface area (Å²) in [6.45, 7) is 0. The van der Waals surface area contributed by atoms with Crippen molar-refractivity contribution in [3.8, 4) is 6.07 Å². The van der Waals surface area contributed by atoms with Crippen LogP contribution in [0.4, 0.5) is 13.2 Å². The fraction of sp³-hybridized carbons (Fsp3) is 0.500. The van der Waals surface area contributed by atoms with Crippen LogP contribution in [0.25, 0.3) is 0 Å². The predicted molar refractivity (Wildman–Crippen MR) is 55.1 cm³/mol. The highest BCUT2D eigenvalue weighted by Gasteiger charge is 2.36. The van der Waals surface area contributed by atoms with Crippen LogP contribution >= 0.6 is 0 Å². The zero-order valence-corrected chi connectivity index (χ0v) is 9.09. The van der Waals surface area contributed by atoms with Crippen molar-refractivity contribution >= 4 is 0 Å². The smallest absolute Gasteiger partial charge is 0.227 e. The van der Waals surface area contributed by atoms with Crippen molar-refractivity contribution in [2.75, 3.05) is 0 Å². The highest BCUT2D eigenvalue weighted by atomic mass is 19.3. The van der Waals surface area contributed by atoms with Crippen LogP contribution in [0.3, 0.4) is 0 Å². The molecule has 0 saturated heterocycles. The second kappa shape index (κ2) is 4.36. The lowest BCUT2D eigenvalue weighted by Crippen LogP contribution is -2.24. The number of aromatic nitrogens is 1. The minimum Gasteiger partial charge on any atom is -0.227 e. The first-order valence-corrected chi connectivity index (χ1v) is 5.45. The van der Waals surface area contributed by atoms with Crippen LogP contribution in [0.5, 0.6) is 0 Å². The van der Waals surface area contributed by atoms with Gasteiger partial charge >= 0.3 is 0 Å². The molecule has 90 valence electrons. The fourth-order valence-corrected chi connectivity index (χ4v) is 2.16. The van der Waals surface area contributed by atoms with Crippen LogP contribution in [0, 0.1) is 17.3 Å². The lowest BCUT2D eigenvalue weighted by atomic mass is 9.82. The monoisotopic (exact) mass is 240 g/mol. The SMILES string of the molecule is N#Cc1cnc(F)c(C2CCC(F)(F)CC2)c1. The van der Waals surface area contributed by atoms with Gasteiger partial charge < -0.3 is 0 Å². The summed E-state index contributed by atoms with van der Waals surface area (Å²) in [5, 5.41) is 8.70. The maximum absolute atomic E-state index is 13.5. The van der Waals surface area contributed by atoms with Gasteiger partial charge in [0.2, 0.25) is 11.9 Å². The minimum absolute atomic E-state index is 0.228. The number of alkyl halides is 2. The van der Waals surface area contributed by atoms with Gasteiger partial charge in [0, 0.05) is 24.6 Å². The van der Waals surface area contributed by atoms with Crippen LogP contribution < -0.4 is 0 Å². The molecule has 0 atom stereocenters. The molecule has 0 aliphatic heterocycles. The summed E-state index contributed by atoms with van der Waals surface area (Å²) in [5.41, 5.74) is 0.554. The average molecular weight is 240 g/mol. The summed E-state index contributed by atoms with van der Waals surface area (Å²) in [4.78, 5) is 3.48. The molecule has 17 heavy (non-hydrogen) atoms. The molecule has 0 bridgehead atoms. The van der Waals surface area contributed by atoms with Gasteiger partial charge in [-0.2, -0.15) is 9.65 Å². The van der Waals surface area contributed by atoms with Crippen LogP contribution in [-0.2, 0) is 0 Å². The minimum atomic E-state index is -2.63. The third-order valence-corrected chi connectivity index (χ3v) is 3.15. The Morgan fingerprint density at radius 1 is 1.35 bits per heavy atom. The highest BCUT2D eigenvalue weighted by Crippen LogP contribution is 2.41. The zero-order valence-electron chi connectivity index (χ0n) is 9.09. The maximum Gasteiger partial charge on any atom is 0.248 e. The van der Waals surface area contributed by atoms with E-state index in [1.54, 1.807) is 0 Å². The van der Waals surface area contributed by atoms with E-state index in [-0.39, 0.29) is 37.2 Å². The van der Waals surface area contributed by atoms with Gasteiger partial charge in [-0.25, -0.2) is 13.8 Å². The average Bonchev–Trinajstić information content (AvgIpc) is 2.30. The summed E-state index contributed by atoms with van der Waals surface area (Å²) in [6.07, 6.45) is 1.17. The number of nitriles is 1. The molecule has 2 nitrogen and oxygen atoms in total. The standard InChI is InChI=1S/C12H11F3N2/c13-11-10(5-8(6-16)7-17-11)9-1-3-12(14,15)4-2-9/h5,7,9H,1-4H2. The van der Waals surface area contributed by atoms with Gasteiger partial charge in [0.25, 0.3) is 0 Å². The summed E-state index contributed by atoms with van der Waals surface area (Å²) in [5.74, 6) is -3.54. The van der Waals surface area contributed by atoms with Crippen molar-refractivity contribution in [3.63, 3.8) is 0 Å². The van der Waals surface area contributed by atoms with Crippen LogP contribution in [0.1, 0.15) is 42.7 Å². The lowest BCUT2D eigenvalue weighted by molar-refractivity contribution is -0.0384. The number of hydrogen-bond acceptors (Lipinski definition) is 2. The van der Waals surface area contributed by atoms with E-state index in [4.69, 9.17) is 5.26 Å². The summed E-state index contributed by atoms with van der Waals surface area (Å²) >= 11 is 0. The van der Waals surface area contributed by atoms with Crippen molar-refractivity contribution in [2.24, 2.45) is 0 Å². The van der Waals surface area contributed by atoms with Crippen LogP contribution in [-0.4, -0.2) is 10.9 Å². The number of rotatable bonds is 1. The quantitative estimate of drug-likeness (QED) is 0.705. The number of hydrogen-bond donors (Lipinski definition) is 0. The van der Waals surface area contributed by atoms with E-state index in [0.29, 0.717) is 5.56 Å². The van der Waals surface area contributed by atoms with Gasteiger partial charge in [0.1, 0.15) is 6.07 Å². The van der Waals surface area contributed by atoms with E-state index in [9.17, 15) is 13.2 Å². The molecule has 1 aliphatic carbocycles. The molecule has 1 heterocycles. The van der Waals surface area contributed by atoms with Gasteiger partial charge in [0.05, 0.1) is 5.56 Å². The second-order valence-corrected chi connectivity index (χ2v) is 4.35. The Kier molecular flexibility index (Phi) is 3.05. The van der Waals surface area contributed by atoms with Gasteiger partial charge in [-0.3, -0.25) is 0 Å². The first kappa shape index (κ1) is 11.9. The number of halogens is 3. The second-order valence-electron chi connectivity index (χ2n) is 4.35. The van der Waals surface area contributed by atoms with Gasteiger partial charge in [-0.05, 0) is 24.8 Å². The molecule has 1 aromatic heterocycles. The Morgan fingerprint density at radius 3 is 2.59 bits per heavy atom. The molecule has 1 aromatic rings. The normalized spacial score (nSPS) is 19.9. The molecule has 1 aliphatic rings. The molecule has 0 N–H and O–H groups in total. The Morgan fingerprint density at radius 2 is 2.00 bits per heavy atom. The predicted octanol–water partition coefficient (Wildman–Crippen LogP) is 3.39. The molecule has 5 heteroatoms. The molecule has 1 saturated carbocycles. The largest absolute Gasteiger partial charge is 0.248 e. The number of pyridine rings is 1. The molecule has 2 rings (SSSR count). The van der Waals surface area contributed by atoms with E-state index < -0.39 is 11.9 Å². The molecule has 0 radical (unpaired) electrons. The van der Waals surface area contributed by atoms with Crippen LogP contribution in [0.2, 0.25) is 0 Å². The van der Waals surface area contributed by atoms with Crippen LogP contribution in [0.15, 0.2) is 12.3 Å². The third kappa shape index (κ3) is 2.57. The Labute approximate surface area is 97.1 Å². The first-order valence-electron chi connectivity index (χ1n) is 5.45. The van der Waals surface area contributed by atoms with Crippen molar-refractivity contribution in [2.45, 2.75) is 37.5 Å². The Bertz CT molecular complexity index is 455. The van der Waals surface area contributed by atoms with E-state index in [2.05, 4.69) is 4.98 Å². The molecule has 0 unspecified atom stereocenters.